The standard InChI is InChI=1S/C6H11NO2/c1-6(2)4-7(9-3)5(6)8/h4H2,1-3H3. The Morgan fingerprint density at radius 3 is 2.33 bits per heavy atom. The molecule has 0 radical (unpaired) electrons. The molecule has 0 aromatic carbocycles. The number of carbonyl (C=O) groups is 1. The molecule has 1 aliphatic heterocycles. The third-order valence-electron chi connectivity index (χ3n) is 1.56. The van der Waals surface area contributed by atoms with E-state index in [1.54, 1.807) is 0 Å². The van der Waals surface area contributed by atoms with E-state index in [4.69, 9.17) is 4.84 Å². The molecule has 1 heterocycles. The van der Waals surface area contributed by atoms with Crippen molar-refractivity contribution in [3.63, 3.8) is 0 Å². The van der Waals surface area contributed by atoms with Gasteiger partial charge in [0.2, 0.25) is 0 Å². The third kappa shape index (κ3) is 0.812. The maximum atomic E-state index is 10.9. The van der Waals surface area contributed by atoms with Crippen LogP contribution in [-0.4, -0.2) is 24.6 Å². The van der Waals surface area contributed by atoms with Crippen molar-refractivity contribution in [2.45, 2.75) is 13.8 Å². The summed E-state index contributed by atoms with van der Waals surface area (Å²) >= 11 is 0. The molecular weight excluding hydrogens is 118 g/mol. The van der Waals surface area contributed by atoms with Crippen molar-refractivity contribution in [2.24, 2.45) is 5.41 Å². The van der Waals surface area contributed by atoms with Crippen molar-refractivity contribution < 1.29 is 9.63 Å². The average molecular weight is 129 g/mol. The zero-order valence-corrected chi connectivity index (χ0v) is 5.97. The highest BCUT2D eigenvalue weighted by Crippen LogP contribution is 2.29. The van der Waals surface area contributed by atoms with E-state index >= 15 is 0 Å². The molecule has 1 saturated heterocycles. The molecule has 0 saturated carbocycles. The van der Waals surface area contributed by atoms with Gasteiger partial charge in [-0.1, -0.05) is 0 Å². The minimum absolute atomic E-state index is 0.0741. The van der Waals surface area contributed by atoms with Gasteiger partial charge in [-0.2, -0.15) is 0 Å². The molecule has 0 spiro atoms. The van der Waals surface area contributed by atoms with Crippen LogP contribution in [0.15, 0.2) is 0 Å². The first-order chi connectivity index (χ1) is 4.08. The zero-order valence-electron chi connectivity index (χ0n) is 5.97. The minimum atomic E-state index is -0.185. The Hall–Kier alpha value is -0.570. The highest BCUT2D eigenvalue weighted by Gasteiger charge is 2.44. The van der Waals surface area contributed by atoms with Gasteiger partial charge in [-0.3, -0.25) is 9.63 Å². The molecule has 0 atom stereocenters. The molecule has 0 unspecified atom stereocenters. The number of hydrogen-bond donors (Lipinski definition) is 0. The van der Waals surface area contributed by atoms with Crippen LogP contribution in [0.5, 0.6) is 0 Å². The number of carbonyl (C=O) groups excluding carboxylic acids is 1. The van der Waals surface area contributed by atoms with Crippen molar-refractivity contribution in [1.82, 2.24) is 5.06 Å². The van der Waals surface area contributed by atoms with E-state index in [-0.39, 0.29) is 11.3 Å². The Balaban J connectivity index is 2.52. The van der Waals surface area contributed by atoms with E-state index in [0.717, 1.165) is 0 Å². The second kappa shape index (κ2) is 1.70. The summed E-state index contributed by atoms with van der Waals surface area (Å²) in [6.45, 7) is 4.53. The lowest BCUT2D eigenvalue weighted by Crippen LogP contribution is -2.57. The number of rotatable bonds is 1. The van der Waals surface area contributed by atoms with Crippen molar-refractivity contribution in [3.8, 4) is 0 Å². The van der Waals surface area contributed by atoms with E-state index in [9.17, 15) is 4.79 Å². The second-order valence-electron chi connectivity index (χ2n) is 2.91. The molecule has 0 aromatic heterocycles. The molecule has 9 heavy (non-hydrogen) atoms. The van der Waals surface area contributed by atoms with Crippen LogP contribution in [0.4, 0.5) is 0 Å². The number of hydrogen-bond acceptors (Lipinski definition) is 2. The molecule has 0 aliphatic carbocycles. The number of β-lactam (4-membered cyclic amide) rings is 1. The minimum Gasteiger partial charge on any atom is -0.274 e. The fourth-order valence-electron chi connectivity index (χ4n) is 0.892. The molecule has 0 bridgehead atoms. The van der Waals surface area contributed by atoms with E-state index in [0.29, 0.717) is 6.54 Å². The van der Waals surface area contributed by atoms with E-state index in [1.165, 1.54) is 12.2 Å². The first-order valence-electron chi connectivity index (χ1n) is 2.94. The highest BCUT2D eigenvalue weighted by molar-refractivity contribution is 5.86. The van der Waals surface area contributed by atoms with Crippen LogP contribution >= 0.6 is 0 Å². The summed E-state index contributed by atoms with van der Waals surface area (Å²) in [5.74, 6) is 0.0741. The molecule has 52 valence electrons. The van der Waals surface area contributed by atoms with Gasteiger partial charge in [-0.25, -0.2) is 5.06 Å². The molecule has 0 aromatic rings. The van der Waals surface area contributed by atoms with Crippen LogP contribution in [0, 0.1) is 5.41 Å². The van der Waals surface area contributed by atoms with Crippen molar-refractivity contribution in [3.05, 3.63) is 0 Å². The summed E-state index contributed by atoms with van der Waals surface area (Å²) in [4.78, 5) is 15.6. The van der Waals surface area contributed by atoms with Crippen molar-refractivity contribution in [2.75, 3.05) is 13.7 Å². The molecule has 1 rings (SSSR count). The molecule has 1 amide bonds. The molecule has 1 fully saturated rings. The van der Waals surface area contributed by atoms with Crippen LogP contribution in [0.3, 0.4) is 0 Å². The predicted octanol–water partition coefficient (Wildman–Crippen LogP) is 0.416. The third-order valence-corrected chi connectivity index (χ3v) is 1.56. The van der Waals surface area contributed by atoms with E-state index in [1.807, 2.05) is 13.8 Å². The molecule has 0 N–H and O–H groups in total. The molecule has 3 nitrogen and oxygen atoms in total. The van der Waals surface area contributed by atoms with Crippen LogP contribution in [-0.2, 0) is 9.63 Å². The monoisotopic (exact) mass is 129 g/mol. The summed E-state index contributed by atoms with van der Waals surface area (Å²) in [6.07, 6.45) is 0. The summed E-state index contributed by atoms with van der Waals surface area (Å²) in [5.41, 5.74) is -0.185. The van der Waals surface area contributed by atoms with Gasteiger partial charge in [0.25, 0.3) is 5.91 Å². The van der Waals surface area contributed by atoms with Gasteiger partial charge < -0.3 is 0 Å². The maximum Gasteiger partial charge on any atom is 0.253 e. The molecule has 1 aliphatic rings. The van der Waals surface area contributed by atoms with Crippen LogP contribution in [0.1, 0.15) is 13.8 Å². The van der Waals surface area contributed by atoms with Crippen LogP contribution in [0.2, 0.25) is 0 Å². The Bertz CT molecular complexity index is 142. The topological polar surface area (TPSA) is 29.5 Å². The second-order valence-corrected chi connectivity index (χ2v) is 2.91. The summed E-state index contributed by atoms with van der Waals surface area (Å²) in [5, 5.41) is 1.36. The normalized spacial score (nSPS) is 23.9. The van der Waals surface area contributed by atoms with Gasteiger partial charge in [0.1, 0.15) is 0 Å². The van der Waals surface area contributed by atoms with Gasteiger partial charge in [-0.15, -0.1) is 0 Å². The van der Waals surface area contributed by atoms with Gasteiger partial charge in [0.15, 0.2) is 0 Å². The molecule has 3 heteroatoms. The fraction of sp³-hybridized carbons (Fsp3) is 0.833. The van der Waals surface area contributed by atoms with Crippen LogP contribution in [0.25, 0.3) is 0 Å². The quantitative estimate of drug-likeness (QED) is 0.480. The summed E-state index contributed by atoms with van der Waals surface area (Å²) < 4.78 is 0. The van der Waals surface area contributed by atoms with Gasteiger partial charge in [0, 0.05) is 0 Å². The van der Waals surface area contributed by atoms with Gasteiger partial charge in [-0.05, 0) is 13.8 Å². The lowest BCUT2D eigenvalue weighted by Gasteiger charge is -2.41. The van der Waals surface area contributed by atoms with Crippen molar-refractivity contribution in [1.29, 1.82) is 0 Å². The lowest BCUT2D eigenvalue weighted by atomic mass is 9.85. The predicted molar refractivity (Wildman–Crippen MR) is 32.5 cm³/mol. The van der Waals surface area contributed by atoms with Gasteiger partial charge >= 0.3 is 0 Å². The first-order valence-corrected chi connectivity index (χ1v) is 2.94. The Morgan fingerprint density at radius 2 is 2.22 bits per heavy atom. The number of amides is 1. The maximum absolute atomic E-state index is 10.9. The number of nitrogens with zero attached hydrogens (tertiary/aromatic N) is 1. The van der Waals surface area contributed by atoms with Crippen molar-refractivity contribution >= 4 is 5.91 Å². The Kier molecular flexibility index (Phi) is 1.24. The largest absolute Gasteiger partial charge is 0.274 e. The average Bonchev–Trinajstić information content (AvgIpc) is 1.82. The smallest absolute Gasteiger partial charge is 0.253 e. The Morgan fingerprint density at radius 1 is 1.67 bits per heavy atom. The fourth-order valence-corrected chi connectivity index (χ4v) is 0.892. The lowest BCUT2D eigenvalue weighted by molar-refractivity contribution is -0.222. The Labute approximate surface area is 54.5 Å². The van der Waals surface area contributed by atoms with Gasteiger partial charge in [0.05, 0.1) is 19.1 Å². The first kappa shape index (κ1) is 6.55. The SMILES string of the molecule is CON1CC(C)(C)C1=O. The van der Waals surface area contributed by atoms with E-state index < -0.39 is 0 Å². The zero-order chi connectivity index (χ0) is 7.07. The van der Waals surface area contributed by atoms with Crippen LogP contribution < -0.4 is 0 Å². The summed E-state index contributed by atoms with van der Waals surface area (Å²) in [7, 11) is 1.51. The summed E-state index contributed by atoms with van der Waals surface area (Å²) in [6, 6.07) is 0. The highest BCUT2D eigenvalue weighted by atomic mass is 16.7. The molecular formula is C6H11NO2. The van der Waals surface area contributed by atoms with E-state index in [2.05, 4.69) is 0 Å². The number of hydroxylamine groups is 2.